The lowest BCUT2D eigenvalue weighted by Gasteiger charge is -2.09. The Morgan fingerprint density at radius 1 is 1.23 bits per heavy atom. The van der Waals surface area contributed by atoms with Crippen molar-refractivity contribution in [1.29, 1.82) is 0 Å². The van der Waals surface area contributed by atoms with E-state index in [4.69, 9.17) is 0 Å². The number of nitro benzene ring substituents is 1. The maximum Gasteiger partial charge on any atom is 0.273 e. The Kier molecular flexibility index (Phi) is 4.53. The van der Waals surface area contributed by atoms with E-state index >= 15 is 0 Å². The molecule has 0 spiro atoms. The third-order valence-electron chi connectivity index (χ3n) is 3.34. The third kappa shape index (κ3) is 3.46. The number of hydrogen-bond acceptors (Lipinski definition) is 5. The maximum atomic E-state index is 12.3. The first-order valence-corrected chi connectivity index (χ1v) is 7.94. The van der Waals surface area contributed by atoms with Crippen LogP contribution in [0.3, 0.4) is 0 Å². The molecule has 1 N–H and O–H groups in total. The molecule has 0 bridgehead atoms. The Morgan fingerprint density at radius 2 is 1.86 bits per heavy atom. The molecular weight excluding hydrogens is 306 g/mol. The summed E-state index contributed by atoms with van der Waals surface area (Å²) in [4.78, 5) is 14.2. The van der Waals surface area contributed by atoms with Crippen LogP contribution < -0.4 is 4.72 Å². The number of nitrogens with one attached hydrogen (secondary N) is 1. The van der Waals surface area contributed by atoms with E-state index in [0.29, 0.717) is 11.1 Å². The number of pyridine rings is 1. The van der Waals surface area contributed by atoms with Crippen LogP contribution in [0.15, 0.2) is 41.6 Å². The smallest absolute Gasteiger partial charge is 0.265 e. The minimum Gasteiger partial charge on any atom is -0.265 e. The zero-order valence-electron chi connectivity index (χ0n) is 12.1. The number of nitro groups is 1. The van der Waals surface area contributed by atoms with Gasteiger partial charge >= 0.3 is 0 Å². The average Bonchev–Trinajstić information content (AvgIpc) is 2.48. The van der Waals surface area contributed by atoms with Crippen molar-refractivity contribution in [1.82, 2.24) is 9.71 Å². The van der Waals surface area contributed by atoms with Crippen LogP contribution in [-0.4, -0.2) is 18.3 Å². The molecule has 1 aromatic heterocycles. The van der Waals surface area contributed by atoms with Crippen LogP contribution in [0, 0.1) is 24.0 Å². The van der Waals surface area contributed by atoms with Crippen molar-refractivity contribution in [3.8, 4) is 0 Å². The number of nitrogens with zero attached hydrogens (tertiary/aromatic N) is 2. The number of aromatic nitrogens is 1. The lowest BCUT2D eigenvalue weighted by molar-refractivity contribution is -0.385. The van der Waals surface area contributed by atoms with E-state index in [0.717, 1.165) is 11.6 Å². The van der Waals surface area contributed by atoms with Gasteiger partial charge in [0.15, 0.2) is 0 Å². The highest BCUT2D eigenvalue weighted by Crippen LogP contribution is 2.25. The second-order valence-corrected chi connectivity index (χ2v) is 6.59. The fourth-order valence-electron chi connectivity index (χ4n) is 1.92. The van der Waals surface area contributed by atoms with Gasteiger partial charge in [-0.25, -0.2) is 13.1 Å². The first kappa shape index (κ1) is 16.1. The van der Waals surface area contributed by atoms with Gasteiger partial charge in [0.25, 0.3) is 5.69 Å². The van der Waals surface area contributed by atoms with Gasteiger partial charge in [-0.05, 0) is 43.2 Å². The summed E-state index contributed by atoms with van der Waals surface area (Å²) in [5, 5.41) is 11.0. The van der Waals surface area contributed by atoms with Crippen molar-refractivity contribution in [3.63, 3.8) is 0 Å². The summed E-state index contributed by atoms with van der Waals surface area (Å²) in [6.07, 6.45) is 3.12. The molecule has 116 valence electrons. The topological polar surface area (TPSA) is 102 Å². The lowest BCUT2D eigenvalue weighted by Crippen LogP contribution is -2.23. The predicted molar refractivity (Wildman–Crippen MR) is 80.8 cm³/mol. The standard InChI is InChI=1S/C14H15N3O4S/c1-10-7-13(8-14(11(10)2)17(18)19)22(20,21)16-9-12-3-5-15-6-4-12/h3-8,16H,9H2,1-2H3. The van der Waals surface area contributed by atoms with E-state index in [-0.39, 0.29) is 17.1 Å². The first-order valence-electron chi connectivity index (χ1n) is 6.45. The zero-order chi connectivity index (χ0) is 16.3. The molecule has 0 aliphatic rings. The van der Waals surface area contributed by atoms with Crippen molar-refractivity contribution in [2.24, 2.45) is 0 Å². The van der Waals surface area contributed by atoms with Crippen molar-refractivity contribution in [2.45, 2.75) is 25.3 Å². The molecule has 0 saturated heterocycles. The molecule has 2 aromatic rings. The van der Waals surface area contributed by atoms with E-state index in [1.807, 2.05) is 0 Å². The van der Waals surface area contributed by atoms with Gasteiger partial charge < -0.3 is 0 Å². The molecule has 1 aromatic carbocycles. The van der Waals surface area contributed by atoms with Crippen molar-refractivity contribution in [2.75, 3.05) is 0 Å². The van der Waals surface area contributed by atoms with Gasteiger partial charge in [0.05, 0.1) is 9.82 Å². The van der Waals surface area contributed by atoms with E-state index in [2.05, 4.69) is 9.71 Å². The van der Waals surface area contributed by atoms with Crippen LogP contribution in [0.4, 0.5) is 5.69 Å². The van der Waals surface area contributed by atoms with Crippen LogP contribution in [0.5, 0.6) is 0 Å². The summed E-state index contributed by atoms with van der Waals surface area (Å²) in [5.74, 6) is 0. The molecule has 22 heavy (non-hydrogen) atoms. The molecule has 0 atom stereocenters. The molecule has 0 unspecified atom stereocenters. The van der Waals surface area contributed by atoms with E-state index in [1.165, 1.54) is 6.07 Å². The number of aryl methyl sites for hydroxylation is 1. The lowest BCUT2D eigenvalue weighted by atomic mass is 10.1. The quantitative estimate of drug-likeness (QED) is 0.671. The summed E-state index contributed by atoms with van der Waals surface area (Å²) in [5.41, 5.74) is 1.55. The second kappa shape index (κ2) is 6.20. The minimum absolute atomic E-state index is 0.0889. The molecule has 0 radical (unpaired) electrons. The van der Waals surface area contributed by atoms with Crippen molar-refractivity contribution < 1.29 is 13.3 Å². The molecule has 2 rings (SSSR count). The minimum atomic E-state index is -3.83. The summed E-state index contributed by atoms with van der Waals surface area (Å²) in [6, 6.07) is 5.88. The Hall–Kier alpha value is -2.32. The van der Waals surface area contributed by atoms with Gasteiger partial charge in [0.2, 0.25) is 10.0 Å². The molecule has 0 fully saturated rings. The summed E-state index contributed by atoms with van der Waals surface area (Å²) < 4.78 is 27.0. The van der Waals surface area contributed by atoms with Crippen LogP contribution in [-0.2, 0) is 16.6 Å². The molecule has 8 heteroatoms. The van der Waals surface area contributed by atoms with Crippen molar-refractivity contribution in [3.05, 3.63) is 63.5 Å². The summed E-state index contributed by atoms with van der Waals surface area (Å²) in [7, 11) is -3.83. The van der Waals surface area contributed by atoms with E-state index in [1.54, 1.807) is 38.4 Å². The zero-order valence-corrected chi connectivity index (χ0v) is 12.9. The molecule has 0 saturated carbocycles. The second-order valence-electron chi connectivity index (χ2n) is 4.82. The first-order chi connectivity index (χ1) is 10.3. The van der Waals surface area contributed by atoms with Crippen LogP contribution >= 0.6 is 0 Å². The maximum absolute atomic E-state index is 12.3. The van der Waals surface area contributed by atoms with Gasteiger partial charge in [-0.1, -0.05) is 0 Å². The van der Waals surface area contributed by atoms with Gasteiger partial charge in [-0.2, -0.15) is 0 Å². The van der Waals surface area contributed by atoms with Crippen LogP contribution in [0.25, 0.3) is 0 Å². The Bertz CT molecular complexity index is 804. The molecule has 0 aliphatic carbocycles. The average molecular weight is 321 g/mol. The number of rotatable bonds is 5. The molecule has 1 heterocycles. The highest BCUT2D eigenvalue weighted by Gasteiger charge is 2.21. The molecule has 7 nitrogen and oxygen atoms in total. The molecule has 0 amide bonds. The Labute approximate surface area is 128 Å². The number of sulfonamides is 1. The normalized spacial score (nSPS) is 11.4. The van der Waals surface area contributed by atoms with Gasteiger partial charge in [-0.15, -0.1) is 0 Å². The highest BCUT2D eigenvalue weighted by atomic mass is 32.2. The Morgan fingerprint density at radius 3 is 2.45 bits per heavy atom. The number of hydrogen-bond donors (Lipinski definition) is 1. The highest BCUT2D eigenvalue weighted by molar-refractivity contribution is 7.89. The SMILES string of the molecule is Cc1cc(S(=O)(=O)NCc2ccncc2)cc([N+](=O)[O-])c1C. The van der Waals surface area contributed by atoms with Crippen molar-refractivity contribution >= 4 is 15.7 Å². The largest absolute Gasteiger partial charge is 0.273 e. The fourth-order valence-corrected chi connectivity index (χ4v) is 3.04. The van der Waals surface area contributed by atoms with E-state index in [9.17, 15) is 18.5 Å². The summed E-state index contributed by atoms with van der Waals surface area (Å²) in [6.45, 7) is 3.32. The number of benzene rings is 1. The van der Waals surface area contributed by atoms with Gasteiger partial charge in [0.1, 0.15) is 0 Å². The Balaban J connectivity index is 2.32. The predicted octanol–water partition coefficient (Wildman–Crippen LogP) is 2.09. The van der Waals surface area contributed by atoms with E-state index < -0.39 is 14.9 Å². The van der Waals surface area contributed by atoms with Gasteiger partial charge in [-0.3, -0.25) is 15.1 Å². The fraction of sp³-hybridized carbons (Fsp3) is 0.214. The molecule has 0 aliphatic heterocycles. The summed E-state index contributed by atoms with van der Waals surface area (Å²) >= 11 is 0. The monoisotopic (exact) mass is 321 g/mol. The van der Waals surface area contributed by atoms with Crippen LogP contribution in [0.1, 0.15) is 16.7 Å². The molecular formula is C14H15N3O4S. The van der Waals surface area contributed by atoms with Gasteiger partial charge in [0, 0.05) is 30.6 Å². The third-order valence-corrected chi connectivity index (χ3v) is 4.72. The van der Waals surface area contributed by atoms with Crippen LogP contribution in [0.2, 0.25) is 0 Å².